The van der Waals surface area contributed by atoms with Gasteiger partial charge >= 0.3 is 5.97 Å². The van der Waals surface area contributed by atoms with Crippen LogP contribution in [0.1, 0.15) is 21.9 Å². The van der Waals surface area contributed by atoms with Crippen LogP contribution in [0.2, 0.25) is 0 Å². The van der Waals surface area contributed by atoms with Gasteiger partial charge in [0.2, 0.25) is 0 Å². The number of nitrogens with zero attached hydrogens (tertiary/aromatic N) is 2. The Morgan fingerprint density at radius 3 is 2.89 bits per heavy atom. The van der Waals surface area contributed by atoms with Crippen molar-refractivity contribution in [2.24, 2.45) is 0 Å². The summed E-state index contributed by atoms with van der Waals surface area (Å²) in [6.07, 6.45) is 1.32. The summed E-state index contributed by atoms with van der Waals surface area (Å²) in [6.45, 7) is 2.07. The largest absolute Gasteiger partial charge is 0.477 e. The van der Waals surface area contributed by atoms with Gasteiger partial charge in [-0.1, -0.05) is 6.07 Å². The number of aromatic nitrogens is 2. The van der Waals surface area contributed by atoms with Gasteiger partial charge in [0.15, 0.2) is 0 Å². The molecule has 1 heterocycles. The van der Waals surface area contributed by atoms with E-state index in [0.717, 1.165) is 5.56 Å². The number of carboxylic acid groups (broad SMARTS) is 1. The normalized spacial score (nSPS) is 10.6. The van der Waals surface area contributed by atoms with Gasteiger partial charge in [-0.15, -0.1) is 0 Å². The Kier molecular flexibility index (Phi) is 3.47. The van der Waals surface area contributed by atoms with Crippen LogP contribution >= 0.6 is 15.9 Å². The molecule has 4 nitrogen and oxygen atoms in total. The fourth-order valence-corrected chi connectivity index (χ4v) is 2.09. The average molecular weight is 313 g/mol. The van der Waals surface area contributed by atoms with Crippen LogP contribution in [0.5, 0.6) is 0 Å². The molecule has 6 heteroatoms. The molecule has 0 fully saturated rings. The Labute approximate surface area is 111 Å². The van der Waals surface area contributed by atoms with E-state index in [4.69, 9.17) is 5.11 Å². The van der Waals surface area contributed by atoms with Gasteiger partial charge in [-0.25, -0.2) is 14.2 Å². The van der Waals surface area contributed by atoms with Crippen molar-refractivity contribution in [1.29, 1.82) is 0 Å². The fraction of sp³-hybridized carbons (Fsp3) is 0.167. The lowest BCUT2D eigenvalue weighted by atomic mass is 10.2. The fourth-order valence-electron chi connectivity index (χ4n) is 1.66. The van der Waals surface area contributed by atoms with E-state index in [1.54, 1.807) is 23.6 Å². The molecular formula is C12H10BrFN2O2. The van der Waals surface area contributed by atoms with E-state index < -0.39 is 5.97 Å². The first kappa shape index (κ1) is 12.8. The molecule has 1 aromatic heterocycles. The van der Waals surface area contributed by atoms with Crippen LogP contribution in [0.25, 0.3) is 0 Å². The van der Waals surface area contributed by atoms with E-state index in [1.165, 1.54) is 12.3 Å². The second-order valence-electron chi connectivity index (χ2n) is 3.83. The van der Waals surface area contributed by atoms with E-state index >= 15 is 0 Å². The maximum atomic E-state index is 13.1. The van der Waals surface area contributed by atoms with Crippen LogP contribution in [0, 0.1) is 12.7 Å². The number of aryl methyl sites for hydroxylation is 1. The lowest BCUT2D eigenvalue weighted by Crippen LogP contribution is -2.11. The van der Waals surface area contributed by atoms with Crippen molar-refractivity contribution in [3.05, 3.63) is 51.8 Å². The number of carbonyl (C=O) groups is 1. The lowest BCUT2D eigenvalue weighted by Gasteiger charge is -2.08. The molecule has 0 saturated heterocycles. The monoisotopic (exact) mass is 312 g/mol. The van der Waals surface area contributed by atoms with Crippen molar-refractivity contribution in [1.82, 2.24) is 9.55 Å². The molecule has 0 atom stereocenters. The van der Waals surface area contributed by atoms with Gasteiger partial charge in [-0.05, 0) is 40.5 Å². The van der Waals surface area contributed by atoms with Gasteiger partial charge in [0.1, 0.15) is 17.3 Å². The van der Waals surface area contributed by atoms with Crippen LogP contribution in [0.15, 0.2) is 28.9 Å². The summed E-state index contributed by atoms with van der Waals surface area (Å²) < 4.78 is 15.0. The van der Waals surface area contributed by atoms with Crippen molar-refractivity contribution in [2.75, 3.05) is 0 Å². The summed E-state index contributed by atoms with van der Waals surface area (Å²) in [7, 11) is 0. The average Bonchev–Trinajstić information content (AvgIpc) is 2.66. The number of hydrogen-bond acceptors (Lipinski definition) is 2. The van der Waals surface area contributed by atoms with Gasteiger partial charge < -0.3 is 9.67 Å². The van der Waals surface area contributed by atoms with Gasteiger partial charge in [0, 0.05) is 6.54 Å². The van der Waals surface area contributed by atoms with E-state index in [0.29, 0.717) is 16.8 Å². The molecule has 0 saturated carbocycles. The van der Waals surface area contributed by atoms with E-state index in [1.807, 2.05) is 0 Å². The molecule has 2 aromatic rings. The molecule has 0 bridgehead atoms. The molecule has 0 aliphatic carbocycles. The number of hydrogen-bond donors (Lipinski definition) is 1. The molecule has 0 amide bonds. The minimum absolute atomic E-state index is 0.118. The summed E-state index contributed by atoms with van der Waals surface area (Å²) in [5, 5.41) is 9.03. The molecule has 94 valence electrons. The van der Waals surface area contributed by atoms with Crippen molar-refractivity contribution in [3.63, 3.8) is 0 Å². The zero-order valence-corrected chi connectivity index (χ0v) is 11.1. The standard InChI is InChI=1S/C12H10BrFN2O2/c1-7-15-5-11(12(17)18)16(7)6-8-2-3-10(14)9(13)4-8/h2-5H,6H2,1H3,(H,17,18). The maximum Gasteiger partial charge on any atom is 0.354 e. The Bertz CT molecular complexity index is 610. The number of carboxylic acids is 1. The summed E-state index contributed by atoms with van der Waals surface area (Å²) in [4.78, 5) is 15.0. The van der Waals surface area contributed by atoms with E-state index in [-0.39, 0.29) is 11.5 Å². The van der Waals surface area contributed by atoms with Gasteiger partial charge in [0.25, 0.3) is 0 Å². The zero-order chi connectivity index (χ0) is 13.3. The molecule has 0 spiro atoms. The van der Waals surface area contributed by atoms with Gasteiger partial charge in [0.05, 0.1) is 10.7 Å². The Morgan fingerprint density at radius 2 is 2.28 bits per heavy atom. The zero-order valence-electron chi connectivity index (χ0n) is 9.52. The third-order valence-corrected chi connectivity index (χ3v) is 3.21. The van der Waals surface area contributed by atoms with Crippen molar-refractivity contribution in [3.8, 4) is 0 Å². The molecule has 0 aliphatic rings. The van der Waals surface area contributed by atoms with Crippen LogP contribution in [0.3, 0.4) is 0 Å². The highest BCUT2D eigenvalue weighted by Crippen LogP contribution is 2.18. The molecule has 1 N–H and O–H groups in total. The predicted octanol–water partition coefficient (Wildman–Crippen LogP) is 2.84. The molecule has 18 heavy (non-hydrogen) atoms. The minimum atomic E-state index is -1.03. The highest BCUT2D eigenvalue weighted by Gasteiger charge is 2.13. The molecule has 0 unspecified atom stereocenters. The van der Waals surface area contributed by atoms with Crippen LogP contribution in [-0.2, 0) is 6.54 Å². The molecule has 1 aromatic carbocycles. The topological polar surface area (TPSA) is 55.1 Å². The summed E-state index contributed by atoms with van der Waals surface area (Å²) in [5.74, 6) is -0.774. The first-order chi connectivity index (χ1) is 8.49. The predicted molar refractivity (Wildman–Crippen MR) is 67.1 cm³/mol. The number of benzene rings is 1. The number of rotatable bonds is 3. The van der Waals surface area contributed by atoms with Crippen molar-refractivity contribution < 1.29 is 14.3 Å². The number of imidazole rings is 1. The van der Waals surface area contributed by atoms with Crippen LogP contribution in [-0.4, -0.2) is 20.6 Å². The third-order valence-electron chi connectivity index (χ3n) is 2.60. The van der Waals surface area contributed by atoms with Crippen LogP contribution < -0.4 is 0 Å². The summed E-state index contributed by atoms with van der Waals surface area (Å²) in [5.41, 5.74) is 0.917. The van der Waals surface area contributed by atoms with Crippen LogP contribution in [0.4, 0.5) is 4.39 Å². The smallest absolute Gasteiger partial charge is 0.354 e. The quantitative estimate of drug-likeness (QED) is 0.948. The second kappa shape index (κ2) is 4.89. The molecule has 2 rings (SSSR count). The highest BCUT2D eigenvalue weighted by atomic mass is 79.9. The highest BCUT2D eigenvalue weighted by molar-refractivity contribution is 9.10. The third kappa shape index (κ3) is 2.43. The summed E-state index contributed by atoms with van der Waals surface area (Å²) >= 11 is 3.10. The molecular weight excluding hydrogens is 303 g/mol. The number of halogens is 2. The van der Waals surface area contributed by atoms with Gasteiger partial charge in [-0.3, -0.25) is 0 Å². The Hall–Kier alpha value is -1.69. The second-order valence-corrected chi connectivity index (χ2v) is 4.68. The van der Waals surface area contributed by atoms with Gasteiger partial charge in [-0.2, -0.15) is 0 Å². The van der Waals surface area contributed by atoms with E-state index in [9.17, 15) is 9.18 Å². The first-order valence-electron chi connectivity index (χ1n) is 5.18. The minimum Gasteiger partial charge on any atom is -0.477 e. The molecule has 0 radical (unpaired) electrons. The Balaban J connectivity index is 2.36. The lowest BCUT2D eigenvalue weighted by molar-refractivity contribution is 0.0685. The summed E-state index contributed by atoms with van der Waals surface area (Å²) in [6, 6.07) is 4.58. The SMILES string of the molecule is Cc1ncc(C(=O)O)n1Cc1ccc(F)c(Br)c1. The first-order valence-corrected chi connectivity index (χ1v) is 5.97. The van der Waals surface area contributed by atoms with Crippen molar-refractivity contribution >= 4 is 21.9 Å². The maximum absolute atomic E-state index is 13.1. The molecule has 0 aliphatic heterocycles. The number of aromatic carboxylic acids is 1. The Morgan fingerprint density at radius 1 is 1.56 bits per heavy atom. The van der Waals surface area contributed by atoms with Crippen molar-refractivity contribution in [2.45, 2.75) is 13.5 Å². The van der Waals surface area contributed by atoms with E-state index in [2.05, 4.69) is 20.9 Å².